The Balaban J connectivity index is 1.69. The Hall–Kier alpha value is -1.95. The molecule has 1 aromatic carbocycles. The lowest BCUT2D eigenvalue weighted by atomic mass is 10.0. The van der Waals surface area contributed by atoms with E-state index < -0.39 is 0 Å². The minimum absolute atomic E-state index is 0.0837. The van der Waals surface area contributed by atoms with Crippen LogP contribution in [0.25, 0.3) is 0 Å². The molecule has 0 aliphatic carbocycles. The second-order valence-electron chi connectivity index (χ2n) is 5.81. The Labute approximate surface area is 129 Å². The third-order valence-electron chi connectivity index (χ3n) is 3.68. The standard InChI is InChI=1S/C16H22FN3O2/c1-12-3-2-8-20(10-12)11-16(22)18-9-15(21)19-14-6-4-13(17)5-7-14/h4-7,12H,2-3,8-11H2,1H3,(H,18,22)(H,19,21)/t12-/m0/s1. The molecular weight excluding hydrogens is 285 g/mol. The first kappa shape index (κ1) is 16.4. The maximum atomic E-state index is 12.8. The molecule has 1 heterocycles. The van der Waals surface area contributed by atoms with Crippen molar-refractivity contribution in [3.8, 4) is 0 Å². The van der Waals surface area contributed by atoms with Gasteiger partial charge >= 0.3 is 0 Å². The third kappa shape index (κ3) is 5.44. The molecule has 0 spiro atoms. The molecule has 2 amide bonds. The first-order valence-corrected chi connectivity index (χ1v) is 7.57. The zero-order chi connectivity index (χ0) is 15.9. The van der Waals surface area contributed by atoms with E-state index in [1.807, 2.05) is 0 Å². The molecule has 22 heavy (non-hydrogen) atoms. The number of nitrogens with zero attached hydrogens (tertiary/aromatic N) is 1. The van der Waals surface area contributed by atoms with E-state index in [-0.39, 0.29) is 24.2 Å². The van der Waals surface area contributed by atoms with Crippen molar-refractivity contribution in [2.75, 3.05) is 31.5 Å². The van der Waals surface area contributed by atoms with Crippen LogP contribution in [0.4, 0.5) is 10.1 Å². The third-order valence-corrected chi connectivity index (χ3v) is 3.68. The molecule has 0 unspecified atom stereocenters. The van der Waals surface area contributed by atoms with Crippen molar-refractivity contribution in [1.82, 2.24) is 10.2 Å². The maximum Gasteiger partial charge on any atom is 0.243 e. The summed E-state index contributed by atoms with van der Waals surface area (Å²) in [4.78, 5) is 25.7. The van der Waals surface area contributed by atoms with E-state index in [1.165, 1.54) is 30.7 Å². The van der Waals surface area contributed by atoms with Crippen LogP contribution < -0.4 is 10.6 Å². The highest BCUT2D eigenvalue weighted by molar-refractivity contribution is 5.94. The molecule has 0 radical (unpaired) electrons. The lowest BCUT2D eigenvalue weighted by Gasteiger charge is -2.30. The fourth-order valence-electron chi connectivity index (χ4n) is 2.61. The fraction of sp³-hybridized carbons (Fsp3) is 0.500. The highest BCUT2D eigenvalue weighted by Crippen LogP contribution is 2.14. The van der Waals surface area contributed by atoms with Gasteiger partial charge in [-0.15, -0.1) is 0 Å². The Morgan fingerprint density at radius 3 is 2.68 bits per heavy atom. The molecule has 1 saturated heterocycles. The highest BCUT2D eigenvalue weighted by atomic mass is 19.1. The zero-order valence-corrected chi connectivity index (χ0v) is 12.8. The normalized spacial score (nSPS) is 18.7. The van der Waals surface area contributed by atoms with Crippen LogP contribution in [0.1, 0.15) is 19.8 Å². The van der Waals surface area contributed by atoms with Crippen LogP contribution in [0.15, 0.2) is 24.3 Å². The summed E-state index contributed by atoms with van der Waals surface area (Å²) in [6.07, 6.45) is 2.32. The maximum absolute atomic E-state index is 12.8. The number of amides is 2. The van der Waals surface area contributed by atoms with E-state index in [0.29, 0.717) is 18.2 Å². The summed E-state index contributed by atoms with van der Waals surface area (Å²) >= 11 is 0. The van der Waals surface area contributed by atoms with Crippen LogP contribution in [0.3, 0.4) is 0 Å². The number of halogens is 1. The van der Waals surface area contributed by atoms with Gasteiger partial charge in [0, 0.05) is 12.2 Å². The summed E-state index contributed by atoms with van der Waals surface area (Å²) in [5.74, 6) is -0.222. The highest BCUT2D eigenvalue weighted by Gasteiger charge is 2.18. The molecule has 0 bridgehead atoms. The predicted molar refractivity (Wildman–Crippen MR) is 82.9 cm³/mol. The molecule has 0 saturated carbocycles. The van der Waals surface area contributed by atoms with Crippen LogP contribution in [0, 0.1) is 11.7 Å². The van der Waals surface area contributed by atoms with Gasteiger partial charge in [-0.2, -0.15) is 0 Å². The molecule has 2 N–H and O–H groups in total. The molecule has 1 aliphatic rings. The number of carbonyl (C=O) groups is 2. The van der Waals surface area contributed by atoms with Crippen molar-refractivity contribution in [2.24, 2.45) is 5.92 Å². The first-order chi connectivity index (χ1) is 10.5. The number of nitrogens with one attached hydrogen (secondary N) is 2. The molecule has 1 aliphatic heterocycles. The Morgan fingerprint density at radius 2 is 2.00 bits per heavy atom. The van der Waals surface area contributed by atoms with Gasteiger partial charge in [-0.25, -0.2) is 4.39 Å². The number of carbonyl (C=O) groups excluding carboxylic acids is 2. The monoisotopic (exact) mass is 307 g/mol. The molecule has 2 rings (SSSR count). The van der Waals surface area contributed by atoms with Gasteiger partial charge in [0.05, 0.1) is 13.1 Å². The number of rotatable bonds is 5. The Kier molecular flexibility index (Phi) is 5.89. The summed E-state index contributed by atoms with van der Waals surface area (Å²) < 4.78 is 12.8. The predicted octanol–water partition coefficient (Wildman–Crippen LogP) is 1.61. The number of hydrogen-bond donors (Lipinski definition) is 2. The number of piperidine rings is 1. The smallest absolute Gasteiger partial charge is 0.243 e. The van der Waals surface area contributed by atoms with E-state index in [2.05, 4.69) is 22.5 Å². The summed E-state index contributed by atoms with van der Waals surface area (Å²) in [6.45, 7) is 4.28. The van der Waals surface area contributed by atoms with Crippen LogP contribution in [0.5, 0.6) is 0 Å². The molecule has 6 heteroatoms. The quantitative estimate of drug-likeness (QED) is 0.869. The van der Waals surface area contributed by atoms with Crippen molar-refractivity contribution in [3.63, 3.8) is 0 Å². The van der Waals surface area contributed by atoms with Crippen LogP contribution in [0.2, 0.25) is 0 Å². The summed E-state index contributed by atoms with van der Waals surface area (Å²) in [5.41, 5.74) is 0.505. The number of likely N-dealkylation sites (tertiary alicyclic amines) is 1. The molecular formula is C16H22FN3O2. The van der Waals surface area contributed by atoms with Gasteiger partial charge in [-0.3, -0.25) is 14.5 Å². The average Bonchev–Trinajstić information content (AvgIpc) is 2.48. The molecule has 0 aromatic heterocycles. The van der Waals surface area contributed by atoms with Crippen LogP contribution in [-0.2, 0) is 9.59 Å². The van der Waals surface area contributed by atoms with Crippen molar-refractivity contribution < 1.29 is 14.0 Å². The van der Waals surface area contributed by atoms with Gasteiger partial charge in [0.2, 0.25) is 11.8 Å². The van der Waals surface area contributed by atoms with E-state index in [9.17, 15) is 14.0 Å². The fourth-order valence-corrected chi connectivity index (χ4v) is 2.61. The first-order valence-electron chi connectivity index (χ1n) is 7.57. The number of benzene rings is 1. The Morgan fingerprint density at radius 1 is 1.27 bits per heavy atom. The molecule has 120 valence electrons. The van der Waals surface area contributed by atoms with Crippen LogP contribution >= 0.6 is 0 Å². The van der Waals surface area contributed by atoms with Crippen molar-refractivity contribution in [3.05, 3.63) is 30.1 Å². The minimum Gasteiger partial charge on any atom is -0.346 e. The van der Waals surface area contributed by atoms with Crippen LogP contribution in [-0.4, -0.2) is 42.9 Å². The summed E-state index contributed by atoms with van der Waals surface area (Å²) in [5, 5.41) is 5.21. The molecule has 1 atom stereocenters. The lowest BCUT2D eigenvalue weighted by Crippen LogP contribution is -2.43. The average molecular weight is 307 g/mol. The number of hydrogen-bond acceptors (Lipinski definition) is 3. The van der Waals surface area contributed by atoms with Gasteiger partial charge in [-0.1, -0.05) is 6.92 Å². The van der Waals surface area contributed by atoms with Crippen molar-refractivity contribution in [1.29, 1.82) is 0 Å². The van der Waals surface area contributed by atoms with Gasteiger partial charge in [0.15, 0.2) is 0 Å². The van der Waals surface area contributed by atoms with Crippen molar-refractivity contribution in [2.45, 2.75) is 19.8 Å². The summed E-state index contributed by atoms with van der Waals surface area (Å²) in [7, 11) is 0. The van der Waals surface area contributed by atoms with Gasteiger partial charge in [0.25, 0.3) is 0 Å². The van der Waals surface area contributed by atoms with E-state index >= 15 is 0 Å². The van der Waals surface area contributed by atoms with E-state index in [4.69, 9.17) is 0 Å². The number of anilines is 1. The van der Waals surface area contributed by atoms with Gasteiger partial charge in [0.1, 0.15) is 5.82 Å². The van der Waals surface area contributed by atoms with E-state index in [0.717, 1.165) is 19.5 Å². The molecule has 5 nitrogen and oxygen atoms in total. The van der Waals surface area contributed by atoms with Gasteiger partial charge < -0.3 is 10.6 Å². The second-order valence-corrected chi connectivity index (χ2v) is 5.81. The summed E-state index contributed by atoms with van der Waals surface area (Å²) in [6, 6.07) is 5.49. The lowest BCUT2D eigenvalue weighted by molar-refractivity contribution is -0.125. The second kappa shape index (κ2) is 7.89. The SMILES string of the molecule is C[C@H]1CCCN(CC(=O)NCC(=O)Nc2ccc(F)cc2)C1. The topological polar surface area (TPSA) is 61.4 Å². The largest absolute Gasteiger partial charge is 0.346 e. The van der Waals surface area contributed by atoms with Crippen molar-refractivity contribution >= 4 is 17.5 Å². The molecule has 1 fully saturated rings. The molecule has 1 aromatic rings. The Bertz CT molecular complexity index is 519. The zero-order valence-electron chi connectivity index (χ0n) is 12.8. The van der Waals surface area contributed by atoms with E-state index in [1.54, 1.807) is 0 Å². The van der Waals surface area contributed by atoms with Gasteiger partial charge in [-0.05, 0) is 49.6 Å². The minimum atomic E-state index is -0.359.